The van der Waals surface area contributed by atoms with Gasteiger partial charge in [0.15, 0.2) is 0 Å². The van der Waals surface area contributed by atoms with Gasteiger partial charge in [-0.25, -0.2) is 0 Å². The maximum Gasteiger partial charge on any atom is 0.253 e. The Hall–Kier alpha value is -3.65. The van der Waals surface area contributed by atoms with Crippen molar-refractivity contribution in [3.05, 3.63) is 83.1 Å². The molecule has 0 radical (unpaired) electrons. The number of amides is 1. The van der Waals surface area contributed by atoms with Gasteiger partial charge in [0.05, 0.1) is 24.1 Å². The van der Waals surface area contributed by atoms with Crippen molar-refractivity contribution < 1.29 is 14.1 Å². The van der Waals surface area contributed by atoms with Crippen LogP contribution in [0.1, 0.15) is 21.8 Å². The molecule has 0 saturated heterocycles. The average Bonchev–Trinajstić information content (AvgIpc) is 3.50. The first-order valence-electron chi connectivity index (χ1n) is 9.83. The Kier molecular flexibility index (Phi) is 6.59. The van der Waals surface area contributed by atoms with Crippen LogP contribution in [0.3, 0.4) is 0 Å². The number of carbonyl (C=O) groups excluding carboxylic acids is 1. The van der Waals surface area contributed by atoms with Crippen LogP contribution < -0.4 is 15.4 Å². The molecule has 1 amide bonds. The highest BCUT2D eigenvalue weighted by Gasteiger charge is 2.13. The van der Waals surface area contributed by atoms with E-state index < -0.39 is 0 Å². The molecule has 0 bridgehead atoms. The van der Waals surface area contributed by atoms with E-state index in [2.05, 4.69) is 20.8 Å². The standard InChI is InChI=1S/C23H22N4O3S/c1-29-17-10-8-16(9-11-17)12-13-24-23(28)18-5-2-3-6-19(18)25-15-21-26-22(27-30-21)20-7-4-14-31-20/h2-11,14,25H,12-13,15H2,1H3,(H,24,28). The molecule has 0 aliphatic rings. The molecular weight excluding hydrogens is 412 g/mol. The molecule has 2 heterocycles. The van der Waals surface area contributed by atoms with Crippen molar-refractivity contribution in [1.82, 2.24) is 15.5 Å². The molecule has 0 unspecified atom stereocenters. The molecule has 0 aliphatic heterocycles. The second-order valence-electron chi connectivity index (χ2n) is 6.74. The Morgan fingerprint density at radius 2 is 1.94 bits per heavy atom. The Morgan fingerprint density at radius 3 is 2.71 bits per heavy atom. The molecular formula is C23H22N4O3S. The van der Waals surface area contributed by atoms with Crippen LogP contribution in [-0.4, -0.2) is 29.7 Å². The molecule has 0 spiro atoms. The highest BCUT2D eigenvalue weighted by molar-refractivity contribution is 7.13. The maximum atomic E-state index is 12.7. The lowest BCUT2D eigenvalue weighted by atomic mass is 10.1. The number of aromatic nitrogens is 2. The summed E-state index contributed by atoms with van der Waals surface area (Å²) in [6.45, 7) is 0.863. The number of hydrogen-bond donors (Lipinski definition) is 2. The summed E-state index contributed by atoms with van der Waals surface area (Å²) in [6.07, 6.45) is 0.735. The topological polar surface area (TPSA) is 89.3 Å². The number of carbonyl (C=O) groups is 1. The first-order chi connectivity index (χ1) is 15.2. The third kappa shape index (κ3) is 5.29. The molecule has 2 aromatic carbocycles. The number of anilines is 1. The lowest BCUT2D eigenvalue weighted by Crippen LogP contribution is -2.26. The van der Waals surface area contributed by atoms with Crippen LogP contribution in [0.5, 0.6) is 5.75 Å². The van der Waals surface area contributed by atoms with Gasteiger partial charge >= 0.3 is 0 Å². The van der Waals surface area contributed by atoms with E-state index in [1.165, 1.54) is 0 Å². The monoisotopic (exact) mass is 434 g/mol. The summed E-state index contributed by atoms with van der Waals surface area (Å²) in [7, 11) is 1.64. The van der Waals surface area contributed by atoms with Crippen molar-refractivity contribution >= 4 is 22.9 Å². The number of rotatable bonds is 9. The van der Waals surface area contributed by atoms with Gasteiger partial charge in [0, 0.05) is 12.2 Å². The molecule has 0 saturated carbocycles. The first kappa shape index (κ1) is 20.6. The van der Waals surface area contributed by atoms with Crippen LogP contribution in [0.2, 0.25) is 0 Å². The fraction of sp³-hybridized carbons (Fsp3) is 0.174. The second-order valence-corrected chi connectivity index (χ2v) is 7.69. The number of methoxy groups -OCH3 is 1. The minimum atomic E-state index is -0.138. The Labute approximate surface area is 184 Å². The lowest BCUT2D eigenvalue weighted by molar-refractivity contribution is 0.0955. The third-order valence-electron chi connectivity index (χ3n) is 4.67. The largest absolute Gasteiger partial charge is 0.497 e. The summed E-state index contributed by atoms with van der Waals surface area (Å²) in [6, 6.07) is 19.1. The van der Waals surface area contributed by atoms with Crippen LogP contribution in [0.15, 0.2) is 70.6 Å². The second kappa shape index (κ2) is 9.90. The minimum absolute atomic E-state index is 0.138. The van der Waals surface area contributed by atoms with Crippen LogP contribution in [0.4, 0.5) is 5.69 Å². The molecule has 4 rings (SSSR count). The summed E-state index contributed by atoms with van der Waals surface area (Å²) in [4.78, 5) is 18.1. The zero-order valence-electron chi connectivity index (χ0n) is 17.0. The molecule has 31 heavy (non-hydrogen) atoms. The van der Waals surface area contributed by atoms with Gasteiger partial charge in [0.2, 0.25) is 11.7 Å². The predicted molar refractivity (Wildman–Crippen MR) is 120 cm³/mol. The Balaban J connectivity index is 1.33. The normalized spacial score (nSPS) is 10.6. The Morgan fingerprint density at radius 1 is 1.10 bits per heavy atom. The molecule has 158 valence electrons. The van der Waals surface area contributed by atoms with E-state index in [1.807, 2.05) is 60.0 Å². The smallest absolute Gasteiger partial charge is 0.253 e. The first-order valence-corrected chi connectivity index (χ1v) is 10.7. The highest BCUT2D eigenvalue weighted by Crippen LogP contribution is 2.22. The maximum absolute atomic E-state index is 12.7. The number of para-hydroxylation sites is 1. The molecule has 0 fully saturated rings. The SMILES string of the molecule is COc1ccc(CCNC(=O)c2ccccc2NCc2nc(-c3cccs3)no2)cc1. The van der Waals surface area contributed by atoms with E-state index in [1.54, 1.807) is 24.5 Å². The van der Waals surface area contributed by atoms with Crippen molar-refractivity contribution in [3.8, 4) is 16.5 Å². The van der Waals surface area contributed by atoms with Crippen LogP contribution in [-0.2, 0) is 13.0 Å². The number of hydrogen-bond acceptors (Lipinski definition) is 7. The van der Waals surface area contributed by atoms with E-state index in [4.69, 9.17) is 9.26 Å². The van der Waals surface area contributed by atoms with E-state index in [0.717, 1.165) is 22.6 Å². The van der Waals surface area contributed by atoms with Crippen molar-refractivity contribution in [2.75, 3.05) is 19.0 Å². The van der Waals surface area contributed by atoms with E-state index in [9.17, 15) is 4.79 Å². The van der Waals surface area contributed by atoms with Gasteiger partial charge in [0.25, 0.3) is 5.91 Å². The van der Waals surface area contributed by atoms with Gasteiger partial charge in [-0.05, 0) is 47.7 Å². The zero-order chi connectivity index (χ0) is 21.5. The van der Waals surface area contributed by atoms with Crippen LogP contribution >= 0.6 is 11.3 Å². The summed E-state index contributed by atoms with van der Waals surface area (Å²) >= 11 is 1.55. The van der Waals surface area contributed by atoms with Gasteiger partial charge in [-0.2, -0.15) is 4.98 Å². The average molecular weight is 435 g/mol. The molecule has 4 aromatic rings. The lowest BCUT2D eigenvalue weighted by Gasteiger charge is -2.11. The number of nitrogens with zero attached hydrogens (tertiary/aromatic N) is 2. The highest BCUT2D eigenvalue weighted by atomic mass is 32.1. The summed E-state index contributed by atoms with van der Waals surface area (Å²) in [5, 5.41) is 12.2. The van der Waals surface area contributed by atoms with Gasteiger partial charge < -0.3 is 19.9 Å². The Bertz CT molecular complexity index is 1120. The van der Waals surface area contributed by atoms with Crippen molar-refractivity contribution in [1.29, 1.82) is 0 Å². The number of nitrogens with one attached hydrogen (secondary N) is 2. The van der Waals surface area contributed by atoms with Crippen molar-refractivity contribution in [2.45, 2.75) is 13.0 Å². The number of thiophene rings is 1. The minimum Gasteiger partial charge on any atom is -0.497 e. The molecule has 7 nitrogen and oxygen atoms in total. The third-order valence-corrected chi connectivity index (χ3v) is 5.54. The van der Waals surface area contributed by atoms with E-state index >= 15 is 0 Å². The summed E-state index contributed by atoms with van der Waals surface area (Å²) < 4.78 is 10.5. The van der Waals surface area contributed by atoms with E-state index in [0.29, 0.717) is 36.1 Å². The van der Waals surface area contributed by atoms with Crippen molar-refractivity contribution in [3.63, 3.8) is 0 Å². The van der Waals surface area contributed by atoms with E-state index in [-0.39, 0.29) is 5.91 Å². The van der Waals surface area contributed by atoms with Crippen molar-refractivity contribution in [2.24, 2.45) is 0 Å². The van der Waals surface area contributed by atoms with Crippen LogP contribution in [0, 0.1) is 0 Å². The molecule has 0 aliphatic carbocycles. The summed E-state index contributed by atoms with van der Waals surface area (Å²) in [5.74, 6) is 1.70. The molecule has 2 aromatic heterocycles. The fourth-order valence-corrected chi connectivity index (χ4v) is 3.70. The quantitative estimate of drug-likeness (QED) is 0.406. The fourth-order valence-electron chi connectivity index (χ4n) is 3.05. The van der Waals surface area contributed by atoms with Gasteiger partial charge in [-0.3, -0.25) is 4.79 Å². The van der Waals surface area contributed by atoms with Crippen LogP contribution in [0.25, 0.3) is 10.7 Å². The van der Waals surface area contributed by atoms with Gasteiger partial charge in [-0.15, -0.1) is 11.3 Å². The molecule has 2 N–H and O–H groups in total. The number of benzene rings is 2. The zero-order valence-corrected chi connectivity index (χ0v) is 17.8. The van der Waals surface area contributed by atoms with Gasteiger partial charge in [0.1, 0.15) is 5.75 Å². The molecule has 0 atom stereocenters. The number of ether oxygens (including phenoxy) is 1. The summed E-state index contributed by atoms with van der Waals surface area (Å²) in [5.41, 5.74) is 2.40. The van der Waals surface area contributed by atoms with Gasteiger partial charge in [-0.1, -0.05) is 35.5 Å². The predicted octanol–water partition coefficient (Wildman–Crippen LogP) is 4.39. The molecule has 8 heteroatoms.